The fourth-order valence-electron chi connectivity index (χ4n) is 3.04. The lowest BCUT2D eigenvalue weighted by Crippen LogP contribution is -2.11. The van der Waals surface area contributed by atoms with E-state index in [0.29, 0.717) is 5.92 Å². The lowest BCUT2D eigenvalue weighted by molar-refractivity contribution is 0.294. The summed E-state index contributed by atoms with van der Waals surface area (Å²) in [5.74, 6) is 2.13. The second-order valence-electron chi connectivity index (χ2n) is 5.66. The van der Waals surface area contributed by atoms with Crippen LogP contribution in [-0.4, -0.2) is 16.7 Å². The Morgan fingerprint density at radius 2 is 2.10 bits per heavy atom. The van der Waals surface area contributed by atoms with Crippen molar-refractivity contribution in [2.45, 2.75) is 32.1 Å². The molecule has 2 aromatic rings. The smallest absolute Gasteiger partial charge is 0.136 e. The third-order valence-corrected chi connectivity index (χ3v) is 4.21. The number of hydrogen-bond acceptors (Lipinski definition) is 3. The van der Waals surface area contributed by atoms with E-state index in [0.717, 1.165) is 22.7 Å². The van der Waals surface area contributed by atoms with Crippen LogP contribution in [0.1, 0.15) is 37.9 Å². The molecule has 3 heteroatoms. The van der Waals surface area contributed by atoms with E-state index in [1.165, 1.54) is 32.1 Å². The van der Waals surface area contributed by atoms with E-state index in [1.807, 2.05) is 30.3 Å². The van der Waals surface area contributed by atoms with Gasteiger partial charge in [0.2, 0.25) is 0 Å². The molecule has 110 valence electrons. The van der Waals surface area contributed by atoms with Crippen LogP contribution in [0, 0.1) is 5.92 Å². The zero-order chi connectivity index (χ0) is 14.5. The second-order valence-corrected chi connectivity index (χ2v) is 5.66. The summed E-state index contributed by atoms with van der Waals surface area (Å²) in [4.78, 5) is 4.11. The van der Waals surface area contributed by atoms with Crippen LogP contribution in [0.15, 0.2) is 46.6 Å². The molecular weight excluding hydrogens is 262 g/mol. The van der Waals surface area contributed by atoms with Crippen molar-refractivity contribution in [1.82, 2.24) is 4.98 Å². The molecule has 0 spiro atoms. The van der Waals surface area contributed by atoms with Crippen molar-refractivity contribution in [1.29, 1.82) is 0 Å². The first-order valence-electron chi connectivity index (χ1n) is 7.68. The molecule has 1 saturated carbocycles. The van der Waals surface area contributed by atoms with Crippen molar-refractivity contribution in [3.63, 3.8) is 0 Å². The average molecular weight is 283 g/mol. The van der Waals surface area contributed by atoms with Crippen LogP contribution in [-0.2, 0) is 0 Å². The minimum atomic E-state index is 0.119. The van der Waals surface area contributed by atoms with Gasteiger partial charge in [-0.1, -0.05) is 19.3 Å². The Kier molecular flexibility index (Phi) is 4.51. The highest BCUT2D eigenvalue weighted by molar-refractivity contribution is 5.59. The number of aliphatic hydroxyl groups excluding tert-OH is 1. The van der Waals surface area contributed by atoms with E-state index in [2.05, 4.69) is 4.98 Å². The number of nitrogens with zero attached hydrogens (tertiary/aromatic N) is 1. The molecule has 3 nitrogen and oxygen atoms in total. The maximum atomic E-state index is 9.64. The van der Waals surface area contributed by atoms with Gasteiger partial charge in [0.25, 0.3) is 0 Å². The molecule has 2 heterocycles. The normalized spacial score (nSPS) is 17.1. The Hall–Kier alpha value is -1.87. The minimum Gasteiger partial charge on any atom is -0.457 e. The summed E-state index contributed by atoms with van der Waals surface area (Å²) in [6.07, 6.45) is 11.8. The molecule has 0 bridgehead atoms. The van der Waals surface area contributed by atoms with Gasteiger partial charge in [0.05, 0.1) is 6.61 Å². The number of rotatable bonds is 4. The van der Waals surface area contributed by atoms with Gasteiger partial charge in [0.1, 0.15) is 11.5 Å². The highest BCUT2D eigenvalue weighted by Gasteiger charge is 2.17. The van der Waals surface area contributed by atoms with Crippen LogP contribution in [0.25, 0.3) is 17.4 Å². The fraction of sp³-hybridized carbons (Fsp3) is 0.389. The number of pyridine rings is 1. The molecule has 0 atom stereocenters. The van der Waals surface area contributed by atoms with Crippen molar-refractivity contribution in [3.05, 3.63) is 48.0 Å². The van der Waals surface area contributed by atoms with E-state index in [4.69, 9.17) is 4.42 Å². The van der Waals surface area contributed by atoms with E-state index in [-0.39, 0.29) is 6.61 Å². The van der Waals surface area contributed by atoms with Gasteiger partial charge in [-0.25, -0.2) is 0 Å². The molecule has 0 amide bonds. The molecule has 21 heavy (non-hydrogen) atoms. The van der Waals surface area contributed by atoms with Crippen LogP contribution in [0.2, 0.25) is 0 Å². The fourth-order valence-corrected chi connectivity index (χ4v) is 3.04. The first kappa shape index (κ1) is 14.1. The van der Waals surface area contributed by atoms with Gasteiger partial charge in [0, 0.05) is 18.0 Å². The molecular formula is C18H21NO2. The Morgan fingerprint density at radius 3 is 2.81 bits per heavy atom. The molecule has 0 aliphatic heterocycles. The summed E-state index contributed by atoms with van der Waals surface area (Å²) in [6.45, 7) is 0.119. The highest BCUT2D eigenvalue weighted by Crippen LogP contribution is 2.31. The topological polar surface area (TPSA) is 46.3 Å². The summed E-state index contributed by atoms with van der Waals surface area (Å²) in [5, 5.41) is 9.64. The van der Waals surface area contributed by atoms with E-state index in [1.54, 1.807) is 12.4 Å². The molecule has 0 radical (unpaired) electrons. The van der Waals surface area contributed by atoms with Crippen molar-refractivity contribution in [3.8, 4) is 11.3 Å². The van der Waals surface area contributed by atoms with Crippen LogP contribution >= 0.6 is 0 Å². The van der Waals surface area contributed by atoms with Crippen LogP contribution in [0.4, 0.5) is 0 Å². The summed E-state index contributed by atoms with van der Waals surface area (Å²) < 4.78 is 5.87. The molecule has 0 saturated heterocycles. The zero-order valence-electron chi connectivity index (χ0n) is 12.2. The third-order valence-electron chi connectivity index (χ3n) is 4.21. The molecule has 1 fully saturated rings. The summed E-state index contributed by atoms with van der Waals surface area (Å²) in [6, 6.07) is 7.79. The van der Waals surface area contributed by atoms with Gasteiger partial charge in [-0.15, -0.1) is 0 Å². The largest absolute Gasteiger partial charge is 0.457 e. The minimum absolute atomic E-state index is 0.119. The lowest BCUT2D eigenvalue weighted by Gasteiger charge is -2.23. The first-order chi connectivity index (χ1) is 10.4. The van der Waals surface area contributed by atoms with Gasteiger partial charge in [-0.3, -0.25) is 4.98 Å². The molecule has 2 aromatic heterocycles. The maximum Gasteiger partial charge on any atom is 0.136 e. The van der Waals surface area contributed by atoms with Crippen molar-refractivity contribution >= 4 is 6.08 Å². The Morgan fingerprint density at radius 1 is 1.24 bits per heavy atom. The molecule has 3 rings (SSSR count). The molecule has 0 unspecified atom stereocenters. The monoisotopic (exact) mass is 283 g/mol. The second kappa shape index (κ2) is 6.72. The summed E-state index contributed by atoms with van der Waals surface area (Å²) in [7, 11) is 0. The summed E-state index contributed by atoms with van der Waals surface area (Å²) in [5.41, 5.74) is 2.07. The first-order valence-corrected chi connectivity index (χ1v) is 7.68. The van der Waals surface area contributed by atoms with Crippen LogP contribution in [0.3, 0.4) is 0 Å². The molecule has 1 N–H and O–H groups in total. The number of hydrogen-bond donors (Lipinski definition) is 1. The van der Waals surface area contributed by atoms with E-state index >= 15 is 0 Å². The Bertz CT molecular complexity index is 595. The predicted molar refractivity (Wildman–Crippen MR) is 83.6 cm³/mol. The SMILES string of the molecule is OC/C(=C/c1ccc(-c2cccnc2)o1)C1CCCCC1. The average Bonchev–Trinajstić information content (AvgIpc) is 3.03. The van der Waals surface area contributed by atoms with Crippen molar-refractivity contribution in [2.24, 2.45) is 5.92 Å². The number of aliphatic hydroxyl groups is 1. The van der Waals surface area contributed by atoms with Crippen molar-refractivity contribution in [2.75, 3.05) is 6.61 Å². The lowest BCUT2D eigenvalue weighted by atomic mass is 9.83. The predicted octanol–water partition coefficient (Wildman–Crippen LogP) is 4.30. The molecule has 1 aliphatic carbocycles. The quantitative estimate of drug-likeness (QED) is 0.910. The Labute approximate surface area is 125 Å². The van der Waals surface area contributed by atoms with E-state index < -0.39 is 0 Å². The maximum absolute atomic E-state index is 9.64. The molecule has 1 aliphatic rings. The van der Waals surface area contributed by atoms with Gasteiger partial charge < -0.3 is 9.52 Å². The van der Waals surface area contributed by atoms with Gasteiger partial charge in [-0.2, -0.15) is 0 Å². The third kappa shape index (κ3) is 3.42. The van der Waals surface area contributed by atoms with E-state index in [9.17, 15) is 5.11 Å². The highest BCUT2D eigenvalue weighted by atomic mass is 16.3. The molecule has 0 aromatic carbocycles. The zero-order valence-corrected chi connectivity index (χ0v) is 12.2. The van der Waals surface area contributed by atoms with Gasteiger partial charge in [-0.05, 0) is 54.7 Å². The summed E-state index contributed by atoms with van der Waals surface area (Å²) >= 11 is 0. The van der Waals surface area contributed by atoms with Crippen molar-refractivity contribution < 1.29 is 9.52 Å². The van der Waals surface area contributed by atoms with Gasteiger partial charge >= 0.3 is 0 Å². The number of furan rings is 1. The van der Waals surface area contributed by atoms with Crippen LogP contribution in [0.5, 0.6) is 0 Å². The van der Waals surface area contributed by atoms with Crippen LogP contribution < -0.4 is 0 Å². The van der Waals surface area contributed by atoms with Gasteiger partial charge in [0.15, 0.2) is 0 Å². The number of aromatic nitrogens is 1. The Balaban J connectivity index is 1.80. The standard InChI is InChI=1S/C18H21NO2/c20-13-16(14-5-2-1-3-6-14)11-17-8-9-18(21-17)15-7-4-10-19-12-15/h4,7-12,14,20H,1-3,5-6,13H2/b16-11-.